The Balaban J connectivity index is 1.55. The number of hydrogen-bond acceptors (Lipinski definition) is 6. The van der Waals surface area contributed by atoms with Gasteiger partial charge in [-0.25, -0.2) is 4.68 Å². The number of nitrogen functional groups attached to an aromatic ring is 1. The third kappa shape index (κ3) is 5.67. The van der Waals surface area contributed by atoms with E-state index in [1.54, 1.807) is 13.0 Å². The Kier molecular flexibility index (Phi) is 7.23. The first-order chi connectivity index (χ1) is 14.3. The molecule has 0 aliphatic carbocycles. The molecule has 1 unspecified atom stereocenters. The normalized spacial score (nSPS) is 11.9. The highest BCUT2D eigenvalue weighted by molar-refractivity contribution is 8.00. The van der Waals surface area contributed by atoms with E-state index in [0.717, 1.165) is 22.4 Å². The molecule has 2 aromatic carbocycles. The molecule has 3 aromatic rings. The van der Waals surface area contributed by atoms with E-state index in [9.17, 15) is 4.79 Å². The number of nitrogens with two attached hydrogens (primary N) is 1. The molecule has 3 rings (SSSR count). The minimum Gasteiger partial charge on any atom is -0.486 e. The van der Waals surface area contributed by atoms with Crippen molar-refractivity contribution in [1.29, 1.82) is 0 Å². The zero-order valence-corrected chi connectivity index (χ0v) is 18.6. The Morgan fingerprint density at radius 2 is 1.93 bits per heavy atom. The number of rotatable bonds is 8. The summed E-state index contributed by atoms with van der Waals surface area (Å²) in [7, 11) is 0. The molecule has 1 heterocycles. The summed E-state index contributed by atoms with van der Waals surface area (Å²) in [6.45, 7) is 6.34. The van der Waals surface area contributed by atoms with Crippen LogP contribution in [-0.2, 0) is 17.9 Å². The summed E-state index contributed by atoms with van der Waals surface area (Å²) in [5.74, 6) is 7.18. The Hall–Kier alpha value is -2.71. The lowest BCUT2D eigenvalue weighted by molar-refractivity contribution is -0.120. The molecule has 0 aliphatic heterocycles. The number of nitrogens with one attached hydrogen (secondary N) is 1. The summed E-state index contributed by atoms with van der Waals surface area (Å²) in [6.07, 6.45) is 0. The van der Waals surface area contributed by atoms with Gasteiger partial charge >= 0.3 is 0 Å². The molecule has 1 aromatic heterocycles. The first-order valence-corrected chi connectivity index (χ1v) is 10.7. The van der Waals surface area contributed by atoms with Crippen LogP contribution < -0.4 is 15.9 Å². The number of thioether (sulfide) groups is 1. The number of hydrogen-bond donors (Lipinski definition) is 2. The SMILES string of the molecule is Cc1cc(C)cc(OCc2nnc(SC(C)C(=O)NCc3ccccc3Cl)n2N)c1. The van der Waals surface area contributed by atoms with Crippen LogP contribution in [0.25, 0.3) is 0 Å². The molecule has 0 saturated carbocycles. The van der Waals surface area contributed by atoms with E-state index < -0.39 is 5.25 Å². The Labute approximate surface area is 184 Å². The highest BCUT2D eigenvalue weighted by Crippen LogP contribution is 2.22. The predicted molar refractivity (Wildman–Crippen MR) is 119 cm³/mol. The molecule has 3 N–H and O–H groups in total. The van der Waals surface area contributed by atoms with Crippen LogP contribution in [0, 0.1) is 13.8 Å². The topological polar surface area (TPSA) is 95.1 Å². The van der Waals surface area contributed by atoms with Gasteiger partial charge in [0.1, 0.15) is 12.4 Å². The maximum Gasteiger partial charge on any atom is 0.233 e. The second kappa shape index (κ2) is 9.86. The van der Waals surface area contributed by atoms with Crippen LogP contribution in [0.3, 0.4) is 0 Å². The number of ether oxygens (including phenoxy) is 1. The van der Waals surface area contributed by atoms with Gasteiger partial charge in [0, 0.05) is 11.6 Å². The van der Waals surface area contributed by atoms with Gasteiger partial charge < -0.3 is 15.9 Å². The lowest BCUT2D eigenvalue weighted by atomic mass is 10.1. The second-order valence-electron chi connectivity index (χ2n) is 6.95. The van der Waals surface area contributed by atoms with Crippen LogP contribution in [0.2, 0.25) is 5.02 Å². The standard InChI is InChI=1S/C21H24ClN5O2S/c1-13-8-14(2)10-17(9-13)29-12-19-25-26-21(27(19)23)30-15(3)20(28)24-11-16-6-4-5-7-18(16)22/h4-10,15H,11-12,23H2,1-3H3,(H,24,28). The molecule has 0 bridgehead atoms. The fourth-order valence-corrected chi connectivity index (χ4v) is 3.85. The number of aromatic nitrogens is 3. The van der Waals surface area contributed by atoms with Crippen molar-refractivity contribution in [2.24, 2.45) is 0 Å². The van der Waals surface area contributed by atoms with Gasteiger partial charge in [-0.3, -0.25) is 4.79 Å². The number of amides is 1. The van der Waals surface area contributed by atoms with Crippen molar-refractivity contribution in [2.45, 2.75) is 44.3 Å². The van der Waals surface area contributed by atoms with Crippen molar-refractivity contribution in [1.82, 2.24) is 20.2 Å². The Morgan fingerprint density at radius 1 is 1.23 bits per heavy atom. The van der Waals surface area contributed by atoms with Gasteiger partial charge in [0.05, 0.1) is 5.25 Å². The first-order valence-electron chi connectivity index (χ1n) is 9.41. The first kappa shape index (κ1) is 22.0. The molecule has 1 atom stereocenters. The minimum atomic E-state index is -0.410. The van der Waals surface area contributed by atoms with Gasteiger partial charge in [0.2, 0.25) is 11.1 Å². The third-order valence-electron chi connectivity index (χ3n) is 4.36. The van der Waals surface area contributed by atoms with Gasteiger partial charge in [-0.05, 0) is 55.7 Å². The van der Waals surface area contributed by atoms with Gasteiger partial charge in [-0.15, -0.1) is 10.2 Å². The van der Waals surface area contributed by atoms with Crippen LogP contribution in [0.15, 0.2) is 47.6 Å². The number of benzene rings is 2. The van der Waals surface area contributed by atoms with Crippen LogP contribution in [0.4, 0.5) is 0 Å². The molecule has 0 saturated heterocycles. The summed E-state index contributed by atoms with van der Waals surface area (Å²) < 4.78 is 7.15. The van der Waals surface area contributed by atoms with E-state index in [1.165, 1.54) is 16.4 Å². The maximum atomic E-state index is 12.4. The molecule has 0 radical (unpaired) electrons. The summed E-state index contributed by atoms with van der Waals surface area (Å²) in [4.78, 5) is 12.4. The van der Waals surface area contributed by atoms with Gasteiger partial charge in [-0.2, -0.15) is 0 Å². The number of carbonyl (C=O) groups is 1. The number of halogens is 1. The lowest BCUT2D eigenvalue weighted by Crippen LogP contribution is -2.31. The molecule has 9 heteroatoms. The summed E-state index contributed by atoms with van der Waals surface area (Å²) in [6, 6.07) is 13.4. The van der Waals surface area contributed by atoms with Crippen molar-refractivity contribution in [3.8, 4) is 5.75 Å². The minimum absolute atomic E-state index is 0.143. The number of carbonyl (C=O) groups excluding carboxylic acids is 1. The zero-order valence-electron chi connectivity index (χ0n) is 17.1. The molecule has 7 nitrogen and oxygen atoms in total. The highest BCUT2D eigenvalue weighted by atomic mass is 35.5. The maximum absolute atomic E-state index is 12.4. The van der Waals surface area contributed by atoms with Crippen molar-refractivity contribution < 1.29 is 9.53 Å². The van der Waals surface area contributed by atoms with E-state index in [0.29, 0.717) is 22.5 Å². The number of aryl methyl sites for hydroxylation is 2. The van der Waals surface area contributed by atoms with E-state index in [4.69, 9.17) is 22.2 Å². The molecule has 30 heavy (non-hydrogen) atoms. The predicted octanol–water partition coefficient (Wildman–Crippen LogP) is 3.64. The van der Waals surface area contributed by atoms with Crippen LogP contribution in [0.1, 0.15) is 29.4 Å². The van der Waals surface area contributed by atoms with Crippen molar-refractivity contribution >= 4 is 29.3 Å². The van der Waals surface area contributed by atoms with E-state index in [-0.39, 0.29) is 12.5 Å². The smallest absolute Gasteiger partial charge is 0.233 e. The van der Waals surface area contributed by atoms with Gasteiger partial charge in [0.15, 0.2) is 5.82 Å². The second-order valence-corrected chi connectivity index (χ2v) is 8.67. The van der Waals surface area contributed by atoms with Gasteiger partial charge in [-0.1, -0.05) is 47.6 Å². The monoisotopic (exact) mass is 445 g/mol. The summed E-state index contributed by atoms with van der Waals surface area (Å²) in [5, 5.41) is 11.7. The molecular weight excluding hydrogens is 422 g/mol. The van der Waals surface area contributed by atoms with Crippen molar-refractivity contribution in [2.75, 3.05) is 5.84 Å². The van der Waals surface area contributed by atoms with Crippen LogP contribution in [-0.4, -0.2) is 26.0 Å². The van der Waals surface area contributed by atoms with Crippen LogP contribution >= 0.6 is 23.4 Å². The van der Waals surface area contributed by atoms with Crippen molar-refractivity contribution in [3.05, 3.63) is 70.0 Å². The zero-order chi connectivity index (χ0) is 21.7. The van der Waals surface area contributed by atoms with Gasteiger partial charge in [0.25, 0.3) is 0 Å². The fraction of sp³-hybridized carbons (Fsp3) is 0.286. The third-order valence-corrected chi connectivity index (χ3v) is 5.79. The molecule has 0 fully saturated rings. The molecule has 158 valence electrons. The molecule has 0 spiro atoms. The quantitative estimate of drug-likeness (QED) is 0.406. The molecule has 1 amide bonds. The highest BCUT2D eigenvalue weighted by Gasteiger charge is 2.19. The van der Waals surface area contributed by atoms with Crippen molar-refractivity contribution in [3.63, 3.8) is 0 Å². The largest absolute Gasteiger partial charge is 0.486 e. The van der Waals surface area contributed by atoms with E-state index in [1.807, 2.05) is 44.2 Å². The lowest BCUT2D eigenvalue weighted by Gasteiger charge is -2.12. The van der Waals surface area contributed by atoms with E-state index >= 15 is 0 Å². The van der Waals surface area contributed by atoms with Crippen LogP contribution in [0.5, 0.6) is 5.75 Å². The average Bonchev–Trinajstić information content (AvgIpc) is 3.04. The fourth-order valence-electron chi connectivity index (χ4n) is 2.83. The molecular formula is C21H24ClN5O2S. The number of nitrogens with zero attached hydrogens (tertiary/aromatic N) is 3. The summed E-state index contributed by atoms with van der Waals surface area (Å²) >= 11 is 7.35. The van der Waals surface area contributed by atoms with E-state index in [2.05, 4.69) is 21.6 Å². The Bertz CT molecular complexity index is 1020. The summed E-state index contributed by atoms with van der Waals surface area (Å²) in [5.41, 5.74) is 3.09. The average molecular weight is 446 g/mol. The Morgan fingerprint density at radius 3 is 2.63 bits per heavy atom. The molecule has 0 aliphatic rings.